The van der Waals surface area contributed by atoms with Crippen molar-refractivity contribution in [2.45, 2.75) is 365 Å². The fraction of sp³-hybridized carbons (Fsp3) is 0.855. The Labute approximate surface area is 491 Å². The van der Waals surface area contributed by atoms with E-state index in [0.717, 1.165) is 64.2 Å². The van der Waals surface area contributed by atoms with Gasteiger partial charge in [-0.25, -0.2) is 0 Å². The first-order valence-electron chi connectivity index (χ1n) is 33.9. The van der Waals surface area contributed by atoms with Crippen LogP contribution in [0.2, 0.25) is 0 Å². The third-order valence-electron chi connectivity index (χ3n) is 16.0. The summed E-state index contributed by atoms with van der Waals surface area (Å²) in [6.07, 6.45) is 60.3. The number of esters is 1. The van der Waals surface area contributed by atoms with Crippen molar-refractivity contribution >= 4 is 11.9 Å². The number of rotatable bonds is 58. The van der Waals surface area contributed by atoms with E-state index in [1.165, 1.54) is 205 Å². The number of nitrogens with one attached hydrogen (secondary N) is 1. The van der Waals surface area contributed by atoms with E-state index < -0.39 is 67.4 Å². The average Bonchev–Trinajstić information content (AvgIpc) is 3.46. The first-order chi connectivity index (χ1) is 39.2. The van der Waals surface area contributed by atoms with Crippen LogP contribution in [0, 0.1) is 0 Å². The third-order valence-corrected chi connectivity index (χ3v) is 16.0. The molecule has 1 aliphatic rings. The van der Waals surface area contributed by atoms with Gasteiger partial charge in [0.2, 0.25) is 5.91 Å². The van der Waals surface area contributed by atoms with Gasteiger partial charge in [-0.2, -0.15) is 0 Å². The molecule has 11 nitrogen and oxygen atoms in total. The number of carbonyl (C=O) groups is 2. The monoisotopic (exact) mass is 1130 g/mol. The zero-order chi connectivity index (χ0) is 58.2. The van der Waals surface area contributed by atoms with Gasteiger partial charge in [-0.15, -0.1) is 0 Å². The Morgan fingerprint density at radius 2 is 0.863 bits per heavy atom. The summed E-state index contributed by atoms with van der Waals surface area (Å²) in [5.74, 6) is -1.20. The molecule has 0 aromatic rings. The van der Waals surface area contributed by atoms with Crippen molar-refractivity contribution in [1.29, 1.82) is 0 Å². The molecule has 1 heterocycles. The lowest BCUT2D eigenvalue weighted by Gasteiger charge is -2.41. The SMILES string of the molecule is CCCCC/C=C\C/C=C\CCCCCCCCCCCCCCCCCCCC(=O)OC1C(OCC(NC(=O)C(O)CCCC/C=C\CCCCCCCCC)C(O)/C=C/CCCCCCCCCCC)OC(CO)C(O)C1O. The number of aliphatic hydroxyl groups excluding tert-OH is 5. The van der Waals surface area contributed by atoms with Crippen molar-refractivity contribution in [1.82, 2.24) is 5.32 Å². The van der Waals surface area contributed by atoms with Crippen molar-refractivity contribution in [3.8, 4) is 0 Å². The maximum atomic E-state index is 13.4. The molecular formula is C69H127NO10. The van der Waals surface area contributed by atoms with Crippen molar-refractivity contribution in [2.24, 2.45) is 0 Å². The molecule has 11 heteroatoms. The van der Waals surface area contributed by atoms with Crippen LogP contribution >= 0.6 is 0 Å². The first kappa shape index (κ1) is 75.6. The van der Waals surface area contributed by atoms with E-state index in [9.17, 15) is 35.1 Å². The first-order valence-corrected chi connectivity index (χ1v) is 33.9. The van der Waals surface area contributed by atoms with Gasteiger partial charge in [0.05, 0.1) is 25.4 Å². The molecule has 0 aromatic carbocycles. The standard InChI is InChI=1S/C69H127NO10/c1-4-7-10-13-16-19-22-24-25-26-27-28-29-30-31-32-33-34-35-36-37-39-42-45-48-51-54-57-64(74)80-67-66(76)65(75)63(58-71)79-69(67)78-59-60(61(72)55-52-49-46-43-40-21-18-15-12-9-6-3)70-68(77)62(73)56-53-50-47-44-41-38-23-20-17-14-11-8-5-2/h16,19,24-25,41,44,52,55,60-63,65-67,69,71-73,75-76H,4-15,17-18,20-23,26-40,42-43,45-51,53-54,56-59H2,1-3H3,(H,70,77)/b19-16-,25-24-,44-41-,55-52+. The van der Waals surface area contributed by atoms with Crippen LogP contribution < -0.4 is 5.32 Å². The lowest BCUT2D eigenvalue weighted by Crippen LogP contribution is -2.61. The summed E-state index contributed by atoms with van der Waals surface area (Å²) >= 11 is 0. The minimum Gasteiger partial charge on any atom is -0.454 e. The van der Waals surface area contributed by atoms with Crippen LogP contribution in [-0.4, -0.2) is 99.6 Å². The van der Waals surface area contributed by atoms with E-state index in [1.54, 1.807) is 6.08 Å². The molecule has 0 saturated carbocycles. The second-order valence-corrected chi connectivity index (χ2v) is 23.6. The molecular weight excluding hydrogens is 1000 g/mol. The van der Waals surface area contributed by atoms with Gasteiger partial charge < -0.3 is 45.1 Å². The quantitative estimate of drug-likeness (QED) is 0.0195. The predicted octanol–water partition coefficient (Wildman–Crippen LogP) is 16.8. The van der Waals surface area contributed by atoms with E-state index in [0.29, 0.717) is 12.8 Å². The maximum absolute atomic E-state index is 13.4. The Morgan fingerprint density at radius 1 is 0.487 bits per heavy atom. The molecule has 1 saturated heterocycles. The summed E-state index contributed by atoms with van der Waals surface area (Å²) in [5, 5.41) is 57.0. The van der Waals surface area contributed by atoms with E-state index in [2.05, 4.69) is 62.5 Å². The second kappa shape index (κ2) is 57.1. The molecule has 1 aliphatic heterocycles. The van der Waals surface area contributed by atoms with Gasteiger partial charge >= 0.3 is 5.97 Å². The van der Waals surface area contributed by atoms with Gasteiger partial charge in [0.1, 0.15) is 24.4 Å². The van der Waals surface area contributed by atoms with Crippen LogP contribution in [0.5, 0.6) is 0 Å². The lowest BCUT2D eigenvalue weighted by atomic mass is 9.99. The van der Waals surface area contributed by atoms with Gasteiger partial charge in [-0.1, -0.05) is 275 Å². The fourth-order valence-electron chi connectivity index (χ4n) is 10.6. The maximum Gasteiger partial charge on any atom is 0.306 e. The van der Waals surface area contributed by atoms with Crippen LogP contribution in [0.25, 0.3) is 0 Å². The number of aliphatic hydroxyl groups is 5. The zero-order valence-corrected chi connectivity index (χ0v) is 52.0. The van der Waals surface area contributed by atoms with Gasteiger partial charge in [0.15, 0.2) is 12.4 Å². The minimum atomic E-state index is -1.61. The highest BCUT2D eigenvalue weighted by Gasteiger charge is 2.47. The molecule has 1 amide bonds. The van der Waals surface area contributed by atoms with Crippen LogP contribution in [0.4, 0.5) is 0 Å². The molecule has 0 bridgehead atoms. The minimum absolute atomic E-state index is 0.124. The summed E-state index contributed by atoms with van der Waals surface area (Å²) in [5.41, 5.74) is 0. The van der Waals surface area contributed by atoms with Gasteiger partial charge in [-0.05, 0) is 83.5 Å². The highest BCUT2D eigenvalue weighted by molar-refractivity contribution is 5.80. The molecule has 8 atom stereocenters. The number of carbonyl (C=O) groups excluding carboxylic acids is 2. The van der Waals surface area contributed by atoms with Crippen molar-refractivity contribution < 1.29 is 49.3 Å². The van der Waals surface area contributed by atoms with Crippen molar-refractivity contribution in [3.63, 3.8) is 0 Å². The molecule has 80 heavy (non-hydrogen) atoms. The molecule has 0 radical (unpaired) electrons. The van der Waals surface area contributed by atoms with E-state index in [1.807, 2.05) is 6.08 Å². The van der Waals surface area contributed by atoms with E-state index in [-0.39, 0.29) is 19.4 Å². The zero-order valence-electron chi connectivity index (χ0n) is 52.0. The third kappa shape index (κ3) is 44.2. The van der Waals surface area contributed by atoms with Crippen molar-refractivity contribution in [2.75, 3.05) is 13.2 Å². The fourth-order valence-corrected chi connectivity index (χ4v) is 10.6. The number of unbranched alkanes of at least 4 members (excludes halogenated alkanes) is 38. The Morgan fingerprint density at radius 3 is 1.31 bits per heavy atom. The van der Waals surface area contributed by atoms with Crippen LogP contribution in [0.3, 0.4) is 0 Å². The Bertz CT molecular complexity index is 1490. The summed E-state index contributed by atoms with van der Waals surface area (Å²) < 4.78 is 17.6. The molecule has 1 rings (SSSR count). The number of hydrogen-bond acceptors (Lipinski definition) is 10. The molecule has 6 N–H and O–H groups in total. The molecule has 0 aliphatic carbocycles. The number of allylic oxidation sites excluding steroid dienone is 7. The topological polar surface area (TPSA) is 175 Å². The Balaban J connectivity index is 2.52. The Kier molecular flexibility index (Phi) is 54.0. The smallest absolute Gasteiger partial charge is 0.306 e. The number of ether oxygens (including phenoxy) is 3. The molecule has 8 unspecified atom stereocenters. The summed E-state index contributed by atoms with van der Waals surface area (Å²) in [6.45, 7) is 5.77. The Hall–Kier alpha value is -2.38. The van der Waals surface area contributed by atoms with Gasteiger partial charge in [-0.3, -0.25) is 9.59 Å². The molecule has 468 valence electrons. The molecule has 1 fully saturated rings. The predicted molar refractivity (Wildman–Crippen MR) is 334 cm³/mol. The molecule has 0 spiro atoms. The largest absolute Gasteiger partial charge is 0.454 e. The van der Waals surface area contributed by atoms with Crippen LogP contribution in [-0.2, 0) is 23.8 Å². The van der Waals surface area contributed by atoms with Crippen LogP contribution in [0.1, 0.15) is 316 Å². The normalized spacial score (nSPS) is 19.0. The van der Waals surface area contributed by atoms with Gasteiger partial charge in [0, 0.05) is 6.42 Å². The lowest BCUT2D eigenvalue weighted by molar-refractivity contribution is -0.305. The van der Waals surface area contributed by atoms with E-state index >= 15 is 0 Å². The summed E-state index contributed by atoms with van der Waals surface area (Å²) in [4.78, 5) is 26.6. The van der Waals surface area contributed by atoms with Crippen LogP contribution in [0.15, 0.2) is 48.6 Å². The average molecular weight is 1130 g/mol. The highest BCUT2D eigenvalue weighted by atomic mass is 16.7. The number of amides is 1. The van der Waals surface area contributed by atoms with E-state index in [4.69, 9.17) is 14.2 Å². The summed E-state index contributed by atoms with van der Waals surface area (Å²) in [6, 6.07) is -1.03. The number of hydrogen-bond donors (Lipinski definition) is 6. The summed E-state index contributed by atoms with van der Waals surface area (Å²) in [7, 11) is 0. The van der Waals surface area contributed by atoms with Gasteiger partial charge in [0.25, 0.3) is 0 Å². The van der Waals surface area contributed by atoms with Crippen molar-refractivity contribution in [3.05, 3.63) is 48.6 Å². The highest BCUT2D eigenvalue weighted by Crippen LogP contribution is 2.26. The second-order valence-electron chi connectivity index (χ2n) is 23.6. The molecule has 0 aromatic heterocycles.